The minimum atomic E-state index is 0.246. The molecule has 1 unspecified atom stereocenters. The van der Waals surface area contributed by atoms with Crippen LogP contribution in [0.1, 0.15) is 43.4 Å². The standard InChI is InChI=1S/C20H25N5/c1-14-5-4-6-15(11-14)8-10-22-19-23-13-16(12-21)18(25-19)24-17-7-9-20(17,2)3/h4-6,11,13,17H,7-10H2,1-3H3,(H2,22,23,24,25). The molecule has 0 amide bonds. The van der Waals surface area contributed by atoms with Crippen molar-refractivity contribution in [2.45, 2.75) is 46.1 Å². The lowest BCUT2D eigenvalue weighted by molar-refractivity contribution is 0.159. The van der Waals surface area contributed by atoms with E-state index in [1.54, 1.807) is 6.20 Å². The Bertz CT molecular complexity index is 791. The molecule has 1 aliphatic rings. The molecule has 1 aromatic heterocycles. The third kappa shape index (κ3) is 4.08. The minimum absolute atomic E-state index is 0.246. The molecule has 1 saturated carbocycles. The lowest BCUT2D eigenvalue weighted by atomic mass is 9.67. The molecular formula is C20H25N5. The smallest absolute Gasteiger partial charge is 0.224 e. The van der Waals surface area contributed by atoms with Gasteiger partial charge in [-0.2, -0.15) is 10.2 Å². The Hall–Kier alpha value is -2.61. The van der Waals surface area contributed by atoms with Gasteiger partial charge in [0, 0.05) is 12.6 Å². The van der Waals surface area contributed by atoms with E-state index < -0.39 is 0 Å². The summed E-state index contributed by atoms with van der Waals surface area (Å²) in [6.07, 6.45) is 4.80. The monoisotopic (exact) mass is 335 g/mol. The van der Waals surface area contributed by atoms with Crippen LogP contribution in [0.15, 0.2) is 30.5 Å². The highest BCUT2D eigenvalue weighted by molar-refractivity contribution is 5.54. The number of nitriles is 1. The Morgan fingerprint density at radius 1 is 1.36 bits per heavy atom. The first kappa shape index (κ1) is 17.2. The Morgan fingerprint density at radius 3 is 2.84 bits per heavy atom. The van der Waals surface area contributed by atoms with Crippen LogP contribution in [0.5, 0.6) is 0 Å². The first-order valence-corrected chi connectivity index (χ1v) is 8.81. The van der Waals surface area contributed by atoms with Gasteiger partial charge in [0.25, 0.3) is 0 Å². The number of rotatable bonds is 6. The molecule has 1 heterocycles. The molecule has 2 N–H and O–H groups in total. The molecule has 0 aliphatic heterocycles. The zero-order valence-corrected chi connectivity index (χ0v) is 15.1. The summed E-state index contributed by atoms with van der Waals surface area (Å²) in [7, 11) is 0. The quantitative estimate of drug-likeness (QED) is 0.837. The molecule has 0 spiro atoms. The molecule has 25 heavy (non-hydrogen) atoms. The number of hydrogen-bond acceptors (Lipinski definition) is 5. The molecule has 0 saturated heterocycles. The van der Waals surface area contributed by atoms with Gasteiger partial charge in [-0.05, 0) is 37.2 Å². The number of benzene rings is 1. The average molecular weight is 335 g/mol. The van der Waals surface area contributed by atoms with E-state index in [0.29, 0.717) is 23.4 Å². The number of nitrogens with one attached hydrogen (secondary N) is 2. The molecular weight excluding hydrogens is 310 g/mol. The van der Waals surface area contributed by atoms with Crippen LogP contribution in [0.3, 0.4) is 0 Å². The molecule has 0 bridgehead atoms. The minimum Gasteiger partial charge on any atom is -0.366 e. The Morgan fingerprint density at radius 2 is 2.20 bits per heavy atom. The highest BCUT2D eigenvalue weighted by Crippen LogP contribution is 2.41. The molecule has 1 fully saturated rings. The second-order valence-corrected chi connectivity index (χ2v) is 7.46. The van der Waals surface area contributed by atoms with Crippen LogP contribution in [0.4, 0.5) is 11.8 Å². The Balaban J connectivity index is 1.64. The van der Waals surface area contributed by atoms with Crippen LogP contribution in [-0.2, 0) is 6.42 Å². The normalized spacial score (nSPS) is 18.1. The summed E-state index contributed by atoms with van der Waals surface area (Å²) in [4.78, 5) is 8.79. The van der Waals surface area contributed by atoms with E-state index in [0.717, 1.165) is 19.4 Å². The maximum absolute atomic E-state index is 9.30. The molecule has 0 radical (unpaired) electrons. The fraction of sp³-hybridized carbons (Fsp3) is 0.450. The summed E-state index contributed by atoms with van der Waals surface area (Å²) in [5.74, 6) is 1.19. The van der Waals surface area contributed by atoms with Crippen molar-refractivity contribution in [2.24, 2.45) is 5.41 Å². The lowest BCUT2D eigenvalue weighted by Crippen LogP contribution is -2.45. The van der Waals surface area contributed by atoms with Gasteiger partial charge in [-0.15, -0.1) is 0 Å². The SMILES string of the molecule is Cc1cccc(CCNc2ncc(C#N)c(NC3CCC3(C)C)n2)c1. The van der Waals surface area contributed by atoms with E-state index in [2.05, 4.69) is 71.7 Å². The maximum Gasteiger partial charge on any atom is 0.224 e. The van der Waals surface area contributed by atoms with Gasteiger partial charge in [0.1, 0.15) is 17.5 Å². The van der Waals surface area contributed by atoms with Gasteiger partial charge < -0.3 is 10.6 Å². The van der Waals surface area contributed by atoms with Crippen molar-refractivity contribution in [1.82, 2.24) is 9.97 Å². The van der Waals surface area contributed by atoms with Crippen molar-refractivity contribution in [1.29, 1.82) is 5.26 Å². The molecule has 5 heteroatoms. The van der Waals surface area contributed by atoms with Crippen molar-refractivity contribution in [3.8, 4) is 6.07 Å². The van der Waals surface area contributed by atoms with Gasteiger partial charge in [0.2, 0.25) is 5.95 Å². The second kappa shape index (κ2) is 7.10. The molecule has 130 valence electrons. The van der Waals surface area contributed by atoms with Crippen molar-refractivity contribution < 1.29 is 0 Å². The summed E-state index contributed by atoms with van der Waals surface area (Å²) in [5, 5.41) is 16.0. The van der Waals surface area contributed by atoms with E-state index in [1.165, 1.54) is 17.5 Å². The first-order chi connectivity index (χ1) is 12.0. The van der Waals surface area contributed by atoms with Gasteiger partial charge in [0.15, 0.2) is 0 Å². The predicted octanol–water partition coefficient (Wildman–Crippen LogP) is 3.91. The fourth-order valence-electron chi connectivity index (χ4n) is 3.14. The molecule has 5 nitrogen and oxygen atoms in total. The summed E-state index contributed by atoms with van der Waals surface area (Å²) < 4.78 is 0. The van der Waals surface area contributed by atoms with Crippen molar-refractivity contribution in [3.63, 3.8) is 0 Å². The fourth-order valence-corrected chi connectivity index (χ4v) is 3.14. The van der Waals surface area contributed by atoms with E-state index >= 15 is 0 Å². The average Bonchev–Trinajstić information content (AvgIpc) is 2.59. The van der Waals surface area contributed by atoms with Crippen LogP contribution in [-0.4, -0.2) is 22.6 Å². The number of nitrogens with zero attached hydrogens (tertiary/aromatic N) is 3. The summed E-state index contributed by atoms with van der Waals surface area (Å²) in [5.41, 5.74) is 3.29. The molecule has 3 rings (SSSR count). The zero-order valence-electron chi connectivity index (χ0n) is 15.1. The van der Waals surface area contributed by atoms with E-state index in [4.69, 9.17) is 0 Å². The predicted molar refractivity (Wildman–Crippen MR) is 101 cm³/mol. The third-order valence-corrected chi connectivity index (χ3v) is 5.02. The van der Waals surface area contributed by atoms with Gasteiger partial charge >= 0.3 is 0 Å². The molecule has 1 aliphatic carbocycles. The summed E-state index contributed by atoms with van der Waals surface area (Å²) in [6, 6.07) is 11.0. The number of hydrogen-bond donors (Lipinski definition) is 2. The van der Waals surface area contributed by atoms with E-state index in [-0.39, 0.29) is 5.41 Å². The van der Waals surface area contributed by atoms with E-state index in [9.17, 15) is 5.26 Å². The molecule has 1 aromatic carbocycles. The maximum atomic E-state index is 9.30. The van der Waals surface area contributed by atoms with Crippen LogP contribution in [0, 0.1) is 23.7 Å². The Labute approximate surface area is 149 Å². The van der Waals surface area contributed by atoms with Crippen LogP contribution >= 0.6 is 0 Å². The van der Waals surface area contributed by atoms with Crippen LogP contribution in [0.2, 0.25) is 0 Å². The van der Waals surface area contributed by atoms with Gasteiger partial charge in [-0.3, -0.25) is 0 Å². The highest BCUT2D eigenvalue weighted by Gasteiger charge is 2.38. The van der Waals surface area contributed by atoms with Gasteiger partial charge in [-0.25, -0.2) is 4.98 Å². The molecule has 1 atom stereocenters. The topological polar surface area (TPSA) is 73.6 Å². The van der Waals surface area contributed by atoms with Gasteiger partial charge in [0.05, 0.1) is 6.20 Å². The van der Waals surface area contributed by atoms with Crippen molar-refractivity contribution in [2.75, 3.05) is 17.2 Å². The lowest BCUT2D eigenvalue weighted by Gasteiger charge is -2.45. The number of aryl methyl sites for hydroxylation is 1. The second-order valence-electron chi connectivity index (χ2n) is 7.46. The summed E-state index contributed by atoms with van der Waals surface area (Å²) >= 11 is 0. The largest absolute Gasteiger partial charge is 0.366 e. The summed E-state index contributed by atoms with van der Waals surface area (Å²) in [6.45, 7) is 7.33. The van der Waals surface area contributed by atoms with Crippen molar-refractivity contribution >= 4 is 11.8 Å². The van der Waals surface area contributed by atoms with E-state index in [1.807, 2.05) is 0 Å². The Kier molecular flexibility index (Phi) is 4.89. The molecule has 2 aromatic rings. The third-order valence-electron chi connectivity index (χ3n) is 5.02. The number of anilines is 2. The zero-order chi connectivity index (χ0) is 17.9. The van der Waals surface area contributed by atoms with Crippen LogP contribution < -0.4 is 10.6 Å². The first-order valence-electron chi connectivity index (χ1n) is 8.81. The van der Waals surface area contributed by atoms with Crippen LogP contribution in [0.25, 0.3) is 0 Å². The number of aromatic nitrogens is 2. The van der Waals surface area contributed by atoms with Crippen molar-refractivity contribution in [3.05, 3.63) is 47.2 Å². The van der Waals surface area contributed by atoms with Gasteiger partial charge in [-0.1, -0.05) is 43.7 Å². The highest BCUT2D eigenvalue weighted by atomic mass is 15.2.